The molecule has 69 heavy (non-hydrogen) atoms. The minimum Gasteiger partial charge on any atom is -0.459 e. The van der Waals surface area contributed by atoms with Gasteiger partial charge in [-0.25, -0.2) is 0 Å². The van der Waals surface area contributed by atoms with Crippen LogP contribution in [0.5, 0.6) is 0 Å². The number of nitrogens with one attached hydrogen (secondary N) is 1. The SMILES string of the molecule is CC[C@H]1OC(=O)[C@H](C)[C@@H](O[C@H]2C[C@@](C)(OC)[C@@H](OC(=O)C/C=C/Cc3cnc4ccccc4c3)[C@H](C)O2)[C@H](C)[C@@H](O[C@@H]2O[C@H](C)C[C@H](N(C)C)[C@H]2O)[C@](C)(OC)C[C@@H](C)NC(=O)[C@H](C)[C@@H](O)[C@]1(C)O. The van der Waals surface area contributed by atoms with Crippen LogP contribution in [0.2, 0.25) is 0 Å². The average Bonchev–Trinajstić information content (AvgIpc) is 3.30. The number of pyridine rings is 1. The zero-order chi connectivity index (χ0) is 51.2. The van der Waals surface area contributed by atoms with E-state index in [2.05, 4.69) is 16.4 Å². The van der Waals surface area contributed by atoms with E-state index in [1.165, 1.54) is 28.1 Å². The molecule has 0 aliphatic carbocycles. The summed E-state index contributed by atoms with van der Waals surface area (Å²) in [7, 11) is 6.80. The van der Waals surface area contributed by atoms with Crippen molar-refractivity contribution in [1.82, 2.24) is 15.2 Å². The fourth-order valence-electron chi connectivity index (χ4n) is 10.5. The number of hydrogen-bond acceptors (Lipinski definition) is 16. The Morgan fingerprint density at radius 1 is 0.928 bits per heavy atom. The van der Waals surface area contributed by atoms with E-state index in [1.807, 2.05) is 83.2 Å². The number of methoxy groups -OCH3 is 2. The van der Waals surface area contributed by atoms with E-state index in [0.717, 1.165) is 16.5 Å². The minimum absolute atomic E-state index is 0.0141. The summed E-state index contributed by atoms with van der Waals surface area (Å²) in [6.45, 7) is 17.1. The molecule has 18 atom stereocenters. The fraction of sp³-hybridized carbons (Fsp3) is 0.731. The van der Waals surface area contributed by atoms with Gasteiger partial charge in [-0.3, -0.25) is 19.4 Å². The molecule has 3 fully saturated rings. The highest BCUT2D eigenvalue weighted by molar-refractivity contribution is 5.80. The number of cyclic esters (lactones) is 1. The Morgan fingerprint density at radius 2 is 1.59 bits per heavy atom. The number of carbonyl (C=O) groups is 3. The molecular formula is C52H81N3O14. The number of benzene rings is 1. The third-order valence-corrected chi connectivity index (χ3v) is 14.8. The summed E-state index contributed by atoms with van der Waals surface area (Å²) in [5.41, 5.74) is -2.49. The molecule has 4 N–H and O–H groups in total. The van der Waals surface area contributed by atoms with Crippen molar-refractivity contribution in [1.29, 1.82) is 0 Å². The number of nitrogens with zero attached hydrogens (tertiary/aromatic N) is 2. The van der Waals surface area contributed by atoms with E-state index in [0.29, 0.717) is 12.8 Å². The van der Waals surface area contributed by atoms with Gasteiger partial charge in [0.2, 0.25) is 5.91 Å². The van der Waals surface area contributed by atoms with E-state index in [1.54, 1.807) is 33.8 Å². The number of hydrogen-bond donors (Lipinski definition) is 4. The van der Waals surface area contributed by atoms with Crippen LogP contribution >= 0.6 is 0 Å². The summed E-state index contributed by atoms with van der Waals surface area (Å²) in [5.74, 6) is -4.72. The number of carbonyl (C=O) groups excluding carboxylic acids is 3. The van der Waals surface area contributed by atoms with Gasteiger partial charge in [-0.15, -0.1) is 0 Å². The number of para-hydroxylation sites is 1. The van der Waals surface area contributed by atoms with Crippen LogP contribution in [0.3, 0.4) is 0 Å². The number of aromatic nitrogens is 1. The van der Waals surface area contributed by atoms with E-state index in [-0.39, 0.29) is 37.8 Å². The van der Waals surface area contributed by atoms with Gasteiger partial charge in [0.15, 0.2) is 18.7 Å². The van der Waals surface area contributed by atoms with Crippen molar-refractivity contribution in [2.24, 2.45) is 17.8 Å². The van der Waals surface area contributed by atoms with Crippen molar-refractivity contribution in [2.45, 2.75) is 198 Å². The molecule has 17 nitrogen and oxygen atoms in total. The van der Waals surface area contributed by atoms with Crippen LogP contribution in [0.15, 0.2) is 48.7 Å². The van der Waals surface area contributed by atoms with Crippen molar-refractivity contribution in [3.05, 3.63) is 54.2 Å². The first kappa shape index (κ1) is 56.3. The third kappa shape index (κ3) is 13.3. The Morgan fingerprint density at radius 3 is 2.25 bits per heavy atom. The van der Waals surface area contributed by atoms with Gasteiger partial charge < -0.3 is 63.4 Å². The summed E-state index contributed by atoms with van der Waals surface area (Å²) in [4.78, 5) is 48.1. The largest absolute Gasteiger partial charge is 0.459 e. The van der Waals surface area contributed by atoms with Gasteiger partial charge in [0.05, 0.1) is 59.9 Å². The summed E-state index contributed by atoms with van der Waals surface area (Å²) in [6.07, 6.45) is -3.09. The Kier molecular flexibility index (Phi) is 19.4. The number of allylic oxidation sites excluding steroid dienone is 1. The maximum Gasteiger partial charge on any atom is 0.311 e. The lowest BCUT2D eigenvalue weighted by Gasteiger charge is -2.50. The number of amides is 1. The smallest absolute Gasteiger partial charge is 0.311 e. The molecule has 4 heterocycles. The average molecular weight is 972 g/mol. The second-order valence-electron chi connectivity index (χ2n) is 20.6. The molecule has 0 saturated carbocycles. The Balaban J connectivity index is 1.46. The molecule has 1 aromatic carbocycles. The lowest BCUT2D eigenvalue weighted by Crippen LogP contribution is -2.61. The number of aliphatic hydroxyl groups is 3. The first-order valence-electron chi connectivity index (χ1n) is 24.6. The molecule has 0 spiro atoms. The second kappa shape index (κ2) is 23.7. The highest BCUT2D eigenvalue weighted by Crippen LogP contribution is 2.41. The molecule has 1 aromatic heterocycles. The van der Waals surface area contributed by atoms with E-state index >= 15 is 0 Å². The van der Waals surface area contributed by atoms with Gasteiger partial charge in [-0.2, -0.15) is 0 Å². The van der Waals surface area contributed by atoms with Gasteiger partial charge in [0, 0.05) is 50.2 Å². The molecule has 5 rings (SSSR count). The van der Waals surface area contributed by atoms with Gasteiger partial charge in [-0.1, -0.05) is 51.1 Å². The Labute approximate surface area is 408 Å². The number of ether oxygens (including phenoxy) is 8. The summed E-state index contributed by atoms with van der Waals surface area (Å²) in [6, 6.07) is 9.07. The summed E-state index contributed by atoms with van der Waals surface area (Å²) >= 11 is 0. The summed E-state index contributed by atoms with van der Waals surface area (Å²) < 4.78 is 51.3. The van der Waals surface area contributed by atoms with Crippen molar-refractivity contribution in [3.63, 3.8) is 0 Å². The molecular weight excluding hydrogens is 891 g/mol. The van der Waals surface area contributed by atoms with Crippen molar-refractivity contribution >= 4 is 28.7 Å². The summed E-state index contributed by atoms with van der Waals surface area (Å²) in [5, 5.41) is 39.1. The number of rotatable bonds is 13. The van der Waals surface area contributed by atoms with Crippen LogP contribution in [-0.4, -0.2) is 162 Å². The highest BCUT2D eigenvalue weighted by atomic mass is 16.7. The van der Waals surface area contributed by atoms with Gasteiger partial charge in [0.25, 0.3) is 0 Å². The first-order chi connectivity index (χ1) is 32.4. The highest BCUT2D eigenvalue weighted by Gasteiger charge is 2.54. The minimum atomic E-state index is -2.04. The fourth-order valence-corrected chi connectivity index (χ4v) is 10.5. The van der Waals surface area contributed by atoms with Crippen molar-refractivity contribution < 1.29 is 67.6 Å². The molecule has 3 aliphatic rings. The van der Waals surface area contributed by atoms with Crippen molar-refractivity contribution in [2.75, 3.05) is 28.3 Å². The predicted molar refractivity (Wildman–Crippen MR) is 258 cm³/mol. The molecule has 0 radical (unpaired) electrons. The van der Waals surface area contributed by atoms with Crippen molar-refractivity contribution in [3.8, 4) is 0 Å². The van der Waals surface area contributed by atoms with Crippen LogP contribution in [0.25, 0.3) is 10.9 Å². The second-order valence-corrected chi connectivity index (χ2v) is 20.6. The predicted octanol–water partition coefficient (Wildman–Crippen LogP) is 5.03. The topological polar surface area (TPSA) is 214 Å². The van der Waals surface area contributed by atoms with Crippen LogP contribution in [0, 0.1) is 17.8 Å². The van der Waals surface area contributed by atoms with E-state index < -0.39 is 114 Å². The van der Waals surface area contributed by atoms with Crippen LogP contribution in [0.4, 0.5) is 0 Å². The van der Waals surface area contributed by atoms with Gasteiger partial charge >= 0.3 is 11.9 Å². The lowest BCUT2D eigenvalue weighted by molar-refractivity contribution is -0.319. The standard InChI is InChI=1S/C52H81N3O14/c1-15-39-52(10,61)44(58)33(6)47(59)54-29(2)26-50(8,62-13)45(69-49-42(57)38(55(11)12)24-30(3)64-49)31(4)43(32(5)48(60)66-39)68-41-27-51(9,63-14)46(34(7)65-41)67-40(56)23-19-16-20-35-25-36-21-17-18-22-37(36)53-28-35/h16-19,21-22,25,28-34,38-39,41-46,49,57-58,61H,15,20,23-24,26-27H2,1-14H3,(H,54,59)/b19-16+/t29-,30-,31+,32-,33-,34+,38+,39-,41+,42-,43+,44-,45-,46+,49+,50-,51-,52-/m1/s1. The third-order valence-electron chi connectivity index (χ3n) is 14.8. The maximum absolute atomic E-state index is 14.6. The lowest BCUT2D eigenvalue weighted by atomic mass is 9.78. The molecule has 0 unspecified atom stereocenters. The molecule has 1 amide bonds. The molecule has 17 heteroatoms. The molecule has 3 saturated heterocycles. The van der Waals surface area contributed by atoms with E-state index in [9.17, 15) is 29.7 Å². The zero-order valence-electron chi connectivity index (χ0n) is 43.2. The number of likely N-dealkylation sites (N-methyl/N-ethyl adjacent to an activating group) is 1. The first-order valence-corrected chi connectivity index (χ1v) is 24.6. The molecule has 0 bridgehead atoms. The van der Waals surface area contributed by atoms with Gasteiger partial charge in [0.1, 0.15) is 23.4 Å². The zero-order valence-corrected chi connectivity index (χ0v) is 43.2. The normalized spacial score (nSPS) is 39.9. The molecule has 2 aromatic rings. The maximum atomic E-state index is 14.6. The van der Waals surface area contributed by atoms with Crippen LogP contribution < -0.4 is 5.32 Å². The van der Waals surface area contributed by atoms with Crippen LogP contribution in [0.1, 0.15) is 107 Å². The quantitative estimate of drug-likeness (QED) is 0.153. The van der Waals surface area contributed by atoms with E-state index in [4.69, 9.17) is 37.9 Å². The Bertz CT molecular complexity index is 2050. The number of aliphatic hydroxyl groups excluding tert-OH is 2. The monoisotopic (exact) mass is 972 g/mol. The molecule has 388 valence electrons. The van der Waals surface area contributed by atoms with Gasteiger partial charge in [-0.05, 0) is 106 Å². The van der Waals surface area contributed by atoms with Crippen LogP contribution in [-0.2, 0) is 58.7 Å². The number of fused-ring (bicyclic) bond motifs is 1. The number of esters is 2. The Hall–Kier alpha value is -3.62. The molecule has 3 aliphatic heterocycles.